The van der Waals surface area contributed by atoms with Crippen molar-refractivity contribution in [3.63, 3.8) is 0 Å². The summed E-state index contributed by atoms with van der Waals surface area (Å²) in [6, 6.07) is 21.5. The smallest absolute Gasteiger partial charge is 0.333 e. The summed E-state index contributed by atoms with van der Waals surface area (Å²) >= 11 is 0. The van der Waals surface area contributed by atoms with Crippen molar-refractivity contribution in [1.82, 2.24) is 0 Å². The highest BCUT2D eigenvalue weighted by Crippen LogP contribution is 2.28. The van der Waals surface area contributed by atoms with Crippen LogP contribution in [0, 0.1) is 0 Å². The van der Waals surface area contributed by atoms with Crippen molar-refractivity contribution in [3.8, 4) is 22.3 Å². The maximum absolute atomic E-state index is 11.5. The summed E-state index contributed by atoms with van der Waals surface area (Å²) in [5.74, 6) is -0.885. The largest absolute Gasteiger partial charge is 0.458 e. The fourth-order valence-electron chi connectivity index (χ4n) is 3.27. The van der Waals surface area contributed by atoms with Gasteiger partial charge in [0.2, 0.25) is 0 Å². The van der Waals surface area contributed by atoms with E-state index in [1.54, 1.807) is 6.92 Å². The first-order valence-corrected chi connectivity index (χ1v) is 10.5. The molecule has 0 fully saturated rings. The van der Waals surface area contributed by atoms with Gasteiger partial charge in [0.05, 0.1) is 6.61 Å². The fraction of sp³-hybridized carbons (Fsp3) is 0.143. The third kappa shape index (κ3) is 6.28. The SMILES string of the molecule is C=CC(=O)OCc1ccc(-c2ccc(-c3ccc(COC(=O)C(=C)C)cc3)cc2)c(CO)c1. The summed E-state index contributed by atoms with van der Waals surface area (Å²) in [4.78, 5) is 22.8. The van der Waals surface area contributed by atoms with Crippen LogP contribution in [0.15, 0.2) is 91.5 Å². The fourth-order valence-corrected chi connectivity index (χ4v) is 3.27. The molecule has 0 amide bonds. The van der Waals surface area contributed by atoms with Crippen molar-refractivity contribution in [3.05, 3.63) is 108 Å². The van der Waals surface area contributed by atoms with E-state index in [1.165, 1.54) is 0 Å². The van der Waals surface area contributed by atoms with Gasteiger partial charge in [0.25, 0.3) is 0 Å². The van der Waals surface area contributed by atoms with E-state index in [2.05, 4.69) is 13.2 Å². The second kappa shape index (κ2) is 11.1. The lowest BCUT2D eigenvalue weighted by Crippen LogP contribution is -2.04. The van der Waals surface area contributed by atoms with Crippen LogP contribution in [-0.4, -0.2) is 17.0 Å². The summed E-state index contributed by atoms with van der Waals surface area (Å²) in [6.45, 7) is 8.77. The van der Waals surface area contributed by atoms with Gasteiger partial charge < -0.3 is 14.6 Å². The van der Waals surface area contributed by atoms with Crippen LogP contribution in [0.25, 0.3) is 22.3 Å². The zero-order chi connectivity index (χ0) is 23.8. The molecule has 0 saturated heterocycles. The molecule has 0 heterocycles. The maximum atomic E-state index is 11.5. The van der Waals surface area contributed by atoms with Crippen molar-refractivity contribution in [2.45, 2.75) is 26.7 Å². The highest BCUT2D eigenvalue weighted by Gasteiger charge is 2.09. The molecule has 0 saturated carbocycles. The topological polar surface area (TPSA) is 72.8 Å². The number of esters is 2. The quantitative estimate of drug-likeness (QED) is 0.357. The Bertz CT molecular complexity index is 1160. The van der Waals surface area contributed by atoms with Crippen LogP contribution in [0.2, 0.25) is 0 Å². The number of carbonyl (C=O) groups is 2. The molecule has 0 aromatic heterocycles. The molecule has 3 aromatic rings. The van der Waals surface area contributed by atoms with Gasteiger partial charge in [-0.05, 0) is 51.9 Å². The van der Waals surface area contributed by atoms with Gasteiger partial charge >= 0.3 is 11.9 Å². The molecule has 5 nitrogen and oxygen atoms in total. The summed E-state index contributed by atoms with van der Waals surface area (Å²) in [5, 5.41) is 9.83. The first-order chi connectivity index (χ1) is 15.9. The maximum Gasteiger partial charge on any atom is 0.333 e. The second-order valence-corrected chi connectivity index (χ2v) is 7.59. The average molecular weight is 443 g/mol. The number of rotatable bonds is 9. The zero-order valence-electron chi connectivity index (χ0n) is 18.5. The number of carbonyl (C=O) groups excluding carboxylic acids is 2. The van der Waals surface area contributed by atoms with E-state index < -0.39 is 11.9 Å². The summed E-state index contributed by atoms with van der Waals surface area (Å²) in [5.41, 5.74) is 6.80. The lowest BCUT2D eigenvalue weighted by Gasteiger charge is -2.12. The molecule has 0 aliphatic carbocycles. The van der Waals surface area contributed by atoms with E-state index in [1.807, 2.05) is 66.7 Å². The minimum absolute atomic E-state index is 0.124. The van der Waals surface area contributed by atoms with Crippen molar-refractivity contribution < 1.29 is 24.2 Å². The zero-order valence-corrected chi connectivity index (χ0v) is 18.5. The van der Waals surface area contributed by atoms with Gasteiger partial charge in [-0.3, -0.25) is 0 Å². The van der Waals surface area contributed by atoms with Crippen LogP contribution in [0.5, 0.6) is 0 Å². The van der Waals surface area contributed by atoms with Gasteiger partial charge in [-0.25, -0.2) is 9.59 Å². The molecule has 33 heavy (non-hydrogen) atoms. The van der Waals surface area contributed by atoms with E-state index in [4.69, 9.17) is 9.47 Å². The van der Waals surface area contributed by atoms with Gasteiger partial charge in [0, 0.05) is 11.6 Å². The second-order valence-electron chi connectivity index (χ2n) is 7.59. The molecule has 0 aliphatic rings. The lowest BCUT2D eigenvalue weighted by atomic mass is 9.95. The van der Waals surface area contributed by atoms with Crippen LogP contribution in [0.1, 0.15) is 23.6 Å². The normalized spacial score (nSPS) is 10.4. The molecular formula is C28H26O5. The summed E-state index contributed by atoms with van der Waals surface area (Å²) in [7, 11) is 0. The van der Waals surface area contributed by atoms with Crippen LogP contribution in [0.3, 0.4) is 0 Å². The molecule has 3 aromatic carbocycles. The number of aliphatic hydroxyl groups excluding tert-OH is 1. The van der Waals surface area contributed by atoms with Crippen molar-refractivity contribution in [2.75, 3.05) is 0 Å². The van der Waals surface area contributed by atoms with Crippen LogP contribution in [0.4, 0.5) is 0 Å². The number of hydrogen-bond acceptors (Lipinski definition) is 5. The third-order valence-electron chi connectivity index (χ3n) is 5.09. The summed E-state index contributed by atoms with van der Waals surface area (Å²) < 4.78 is 10.2. The van der Waals surface area contributed by atoms with Gasteiger partial charge in [-0.2, -0.15) is 0 Å². The van der Waals surface area contributed by atoms with Gasteiger partial charge in [-0.15, -0.1) is 0 Å². The van der Waals surface area contributed by atoms with E-state index in [0.717, 1.165) is 45.0 Å². The number of aliphatic hydroxyl groups is 1. The minimum Gasteiger partial charge on any atom is -0.458 e. The van der Waals surface area contributed by atoms with Gasteiger partial charge in [0.15, 0.2) is 0 Å². The standard InChI is InChI=1S/C28H26O5/c1-4-27(30)32-18-21-7-14-26(25(15-21)16-29)24-12-10-23(11-13-24)22-8-5-20(6-9-22)17-33-28(31)19(2)3/h4-15,29H,1-2,16-18H2,3H3. The Morgan fingerprint density at radius 3 is 1.97 bits per heavy atom. The first kappa shape index (κ1) is 23.7. The molecule has 5 heteroatoms. The number of hydrogen-bond donors (Lipinski definition) is 1. The highest BCUT2D eigenvalue weighted by atomic mass is 16.5. The first-order valence-electron chi connectivity index (χ1n) is 10.5. The highest BCUT2D eigenvalue weighted by molar-refractivity contribution is 5.86. The molecule has 0 atom stereocenters. The van der Waals surface area contributed by atoms with Gasteiger partial charge in [-0.1, -0.05) is 73.8 Å². The van der Waals surface area contributed by atoms with E-state index in [0.29, 0.717) is 5.57 Å². The van der Waals surface area contributed by atoms with E-state index >= 15 is 0 Å². The average Bonchev–Trinajstić information content (AvgIpc) is 2.85. The molecule has 168 valence electrons. The molecule has 0 unspecified atom stereocenters. The van der Waals surface area contributed by atoms with Crippen LogP contribution in [-0.2, 0) is 38.9 Å². The van der Waals surface area contributed by atoms with Crippen molar-refractivity contribution in [1.29, 1.82) is 0 Å². The number of benzene rings is 3. The van der Waals surface area contributed by atoms with Gasteiger partial charge in [0.1, 0.15) is 13.2 Å². The molecule has 1 N–H and O–H groups in total. The van der Waals surface area contributed by atoms with Crippen LogP contribution < -0.4 is 0 Å². The predicted molar refractivity (Wildman–Crippen MR) is 128 cm³/mol. The third-order valence-corrected chi connectivity index (χ3v) is 5.09. The molecule has 3 rings (SSSR count). The number of ether oxygens (including phenoxy) is 2. The molecule has 0 aliphatic heterocycles. The molecule has 0 bridgehead atoms. The Labute approximate surface area is 193 Å². The molecule has 0 radical (unpaired) electrons. The Morgan fingerprint density at radius 2 is 1.39 bits per heavy atom. The van der Waals surface area contributed by atoms with Crippen molar-refractivity contribution >= 4 is 11.9 Å². The van der Waals surface area contributed by atoms with E-state index in [-0.39, 0.29) is 19.8 Å². The molecule has 0 spiro atoms. The predicted octanol–water partition coefficient (Wildman–Crippen LogP) is 5.36. The Balaban J connectivity index is 1.72. The Morgan fingerprint density at radius 1 is 0.848 bits per heavy atom. The van der Waals surface area contributed by atoms with E-state index in [9.17, 15) is 14.7 Å². The monoisotopic (exact) mass is 442 g/mol. The Kier molecular flexibility index (Phi) is 7.95. The Hall–Kier alpha value is -3.96. The minimum atomic E-state index is -0.485. The molecular weight excluding hydrogens is 416 g/mol. The summed E-state index contributed by atoms with van der Waals surface area (Å²) in [6.07, 6.45) is 1.12. The van der Waals surface area contributed by atoms with Crippen LogP contribution >= 0.6 is 0 Å². The van der Waals surface area contributed by atoms with Crippen molar-refractivity contribution in [2.24, 2.45) is 0 Å². The lowest BCUT2D eigenvalue weighted by molar-refractivity contribution is -0.140.